The summed E-state index contributed by atoms with van der Waals surface area (Å²) in [4.78, 5) is 40.0. The van der Waals surface area contributed by atoms with Crippen molar-refractivity contribution in [2.75, 3.05) is 0 Å². The molecule has 0 aliphatic rings. The van der Waals surface area contributed by atoms with Crippen LogP contribution in [0.1, 0.15) is 44.5 Å². The standard InChI is InChI=1S/C22H20BrClN4O6/c1-4-11(2)20-26-17-6-5-14(23)8-16(17)21(29)27(20)25-10-13-7-15(24)9-18(28(32)33)19(13)34-12(3)22(30)31/h5-12H,4H2,1-3H3,(H,30,31)/t11-,12-/m1/s1. The van der Waals surface area contributed by atoms with Crippen LogP contribution in [0.5, 0.6) is 5.75 Å². The van der Waals surface area contributed by atoms with Crippen LogP contribution in [0.2, 0.25) is 5.02 Å². The van der Waals surface area contributed by atoms with Crippen LogP contribution >= 0.6 is 27.5 Å². The van der Waals surface area contributed by atoms with Gasteiger partial charge in [-0.25, -0.2) is 9.78 Å². The third-order valence-electron chi connectivity index (χ3n) is 5.10. The molecule has 0 saturated carbocycles. The van der Waals surface area contributed by atoms with E-state index in [1.165, 1.54) is 19.2 Å². The third kappa shape index (κ3) is 5.26. The number of hydrogen-bond donors (Lipinski definition) is 1. The van der Waals surface area contributed by atoms with Crippen LogP contribution in [-0.4, -0.2) is 38.0 Å². The maximum Gasteiger partial charge on any atom is 0.344 e. The molecule has 1 aromatic heterocycles. The van der Waals surface area contributed by atoms with Gasteiger partial charge in [0.2, 0.25) is 5.75 Å². The average molecular weight is 552 g/mol. The molecule has 0 radical (unpaired) electrons. The number of nitro groups is 1. The van der Waals surface area contributed by atoms with Crippen molar-refractivity contribution in [3.05, 3.63) is 71.7 Å². The van der Waals surface area contributed by atoms with Crippen molar-refractivity contribution >= 4 is 56.3 Å². The highest BCUT2D eigenvalue weighted by molar-refractivity contribution is 9.10. The Morgan fingerprint density at radius 2 is 2.09 bits per heavy atom. The summed E-state index contributed by atoms with van der Waals surface area (Å²) in [7, 11) is 0. The fourth-order valence-electron chi connectivity index (χ4n) is 3.09. The minimum Gasteiger partial charge on any atom is -0.479 e. The van der Waals surface area contributed by atoms with Gasteiger partial charge in [0.1, 0.15) is 5.82 Å². The van der Waals surface area contributed by atoms with Crippen LogP contribution in [0.25, 0.3) is 10.9 Å². The zero-order valence-corrected chi connectivity index (χ0v) is 20.7. The topological polar surface area (TPSA) is 137 Å². The molecule has 1 N–H and O–H groups in total. The molecular weight excluding hydrogens is 532 g/mol. The van der Waals surface area contributed by atoms with Gasteiger partial charge in [-0.3, -0.25) is 14.9 Å². The molecular formula is C22H20BrClN4O6. The van der Waals surface area contributed by atoms with E-state index in [1.54, 1.807) is 18.2 Å². The number of carbonyl (C=O) groups is 1. The van der Waals surface area contributed by atoms with Gasteiger partial charge in [0, 0.05) is 27.0 Å². The Morgan fingerprint density at radius 1 is 1.38 bits per heavy atom. The lowest BCUT2D eigenvalue weighted by atomic mass is 10.1. The highest BCUT2D eigenvalue weighted by Crippen LogP contribution is 2.34. The SMILES string of the molecule is CC[C@@H](C)c1nc2ccc(Br)cc2c(=O)n1N=Cc1cc(Cl)cc([N+](=O)[O-])c1O[C@H](C)C(=O)O. The number of ether oxygens (including phenoxy) is 1. The maximum absolute atomic E-state index is 13.3. The first kappa shape index (κ1) is 25.3. The maximum atomic E-state index is 13.3. The molecule has 0 saturated heterocycles. The van der Waals surface area contributed by atoms with Crippen molar-refractivity contribution in [2.45, 2.75) is 39.2 Å². The van der Waals surface area contributed by atoms with Crippen LogP contribution in [0.3, 0.4) is 0 Å². The summed E-state index contributed by atoms with van der Waals surface area (Å²) in [6.07, 6.45) is 0.462. The second-order valence-corrected chi connectivity index (χ2v) is 8.85. The van der Waals surface area contributed by atoms with E-state index in [4.69, 9.17) is 16.3 Å². The molecule has 3 aromatic rings. The zero-order valence-electron chi connectivity index (χ0n) is 18.4. The summed E-state index contributed by atoms with van der Waals surface area (Å²) >= 11 is 9.40. The lowest BCUT2D eigenvalue weighted by Gasteiger charge is -2.15. The van der Waals surface area contributed by atoms with Crippen molar-refractivity contribution in [1.82, 2.24) is 9.66 Å². The van der Waals surface area contributed by atoms with E-state index in [0.29, 0.717) is 27.6 Å². The van der Waals surface area contributed by atoms with E-state index in [1.807, 2.05) is 13.8 Å². The van der Waals surface area contributed by atoms with Gasteiger partial charge >= 0.3 is 11.7 Å². The minimum atomic E-state index is -1.38. The van der Waals surface area contributed by atoms with E-state index in [2.05, 4.69) is 26.0 Å². The van der Waals surface area contributed by atoms with Gasteiger partial charge in [-0.15, -0.1) is 0 Å². The molecule has 34 heavy (non-hydrogen) atoms. The third-order valence-corrected chi connectivity index (χ3v) is 5.81. The van der Waals surface area contributed by atoms with Gasteiger partial charge < -0.3 is 9.84 Å². The number of rotatable bonds is 8. The summed E-state index contributed by atoms with van der Waals surface area (Å²) < 4.78 is 7.17. The first-order valence-corrected chi connectivity index (χ1v) is 11.3. The summed E-state index contributed by atoms with van der Waals surface area (Å²) in [5, 5.41) is 25.4. The van der Waals surface area contributed by atoms with Crippen molar-refractivity contribution in [1.29, 1.82) is 0 Å². The van der Waals surface area contributed by atoms with Crippen LogP contribution in [0, 0.1) is 10.1 Å². The molecule has 0 aliphatic carbocycles. The lowest BCUT2D eigenvalue weighted by molar-refractivity contribution is -0.386. The molecule has 2 atom stereocenters. The van der Waals surface area contributed by atoms with Gasteiger partial charge in [-0.1, -0.05) is 41.4 Å². The second kappa shape index (κ2) is 10.3. The molecule has 12 heteroatoms. The predicted octanol–water partition coefficient (Wildman–Crippen LogP) is 4.97. The highest BCUT2D eigenvalue weighted by Gasteiger charge is 2.25. The Balaban J connectivity index is 2.25. The number of hydrogen-bond acceptors (Lipinski definition) is 7. The fraction of sp³-hybridized carbons (Fsp3) is 0.273. The summed E-state index contributed by atoms with van der Waals surface area (Å²) in [6.45, 7) is 5.07. The van der Waals surface area contributed by atoms with Gasteiger partial charge in [0.05, 0.1) is 22.0 Å². The van der Waals surface area contributed by atoms with E-state index in [9.17, 15) is 24.8 Å². The largest absolute Gasteiger partial charge is 0.479 e. The molecule has 0 bridgehead atoms. The number of aliphatic carboxylic acids is 1. The van der Waals surface area contributed by atoms with Crippen LogP contribution in [0.4, 0.5) is 5.69 Å². The Kier molecular flexibility index (Phi) is 7.68. The number of nitrogens with zero attached hydrogens (tertiary/aromatic N) is 4. The summed E-state index contributed by atoms with van der Waals surface area (Å²) in [5.74, 6) is -1.37. The van der Waals surface area contributed by atoms with E-state index < -0.39 is 28.2 Å². The van der Waals surface area contributed by atoms with Crippen LogP contribution in [0.15, 0.2) is 44.7 Å². The van der Waals surface area contributed by atoms with E-state index in [-0.39, 0.29) is 22.3 Å². The normalized spacial score (nSPS) is 13.2. The molecule has 2 aromatic carbocycles. The molecule has 0 aliphatic heterocycles. The number of carboxylic acid groups (broad SMARTS) is 1. The van der Waals surface area contributed by atoms with E-state index in [0.717, 1.165) is 10.7 Å². The molecule has 178 valence electrons. The van der Waals surface area contributed by atoms with E-state index >= 15 is 0 Å². The van der Waals surface area contributed by atoms with Gasteiger partial charge in [-0.2, -0.15) is 9.78 Å². The summed E-state index contributed by atoms with van der Waals surface area (Å²) in [6, 6.07) is 7.52. The number of carboxylic acids is 1. The Bertz CT molecular complexity index is 1370. The quantitative estimate of drug-likeness (QED) is 0.237. The number of nitro benzene ring substituents is 1. The fourth-order valence-corrected chi connectivity index (χ4v) is 3.67. The molecule has 3 rings (SSSR count). The Hall–Kier alpha value is -3.31. The molecule has 0 fully saturated rings. The smallest absolute Gasteiger partial charge is 0.344 e. The molecule has 10 nitrogen and oxygen atoms in total. The monoisotopic (exact) mass is 550 g/mol. The lowest BCUT2D eigenvalue weighted by Crippen LogP contribution is -2.25. The average Bonchev–Trinajstić information content (AvgIpc) is 2.78. The van der Waals surface area contributed by atoms with Gasteiger partial charge in [0.15, 0.2) is 6.10 Å². The number of aromatic nitrogens is 2. The molecule has 0 spiro atoms. The number of benzene rings is 2. The van der Waals surface area contributed by atoms with Gasteiger partial charge in [-0.05, 0) is 37.6 Å². The van der Waals surface area contributed by atoms with Crippen LogP contribution < -0.4 is 10.3 Å². The molecule has 0 amide bonds. The highest BCUT2D eigenvalue weighted by atomic mass is 79.9. The van der Waals surface area contributed by atoms with Crippen LogP contribution in [-0.2, 0) is 4.79 Å². The predicted molar refractivity (Wildman–Crippen MR) is 131 cm³/mol. The Morgan fingerprint density at radius 3 is 2.71 bits per heavy atom. The zero-order chi connectivity index (χ0) is 25.2. The van der Waals surface area contributed by atoms with Crippen molar-refractivity contribution in [2.24, 2.45) is 5.10 Å². The molecule has 0 unspecified atom stereocenters. The van der Waals surface area contributed by atoms with Crippen molar-refractivity contribution in [3.8, 4) is 5.75 Å². The molecule has 1 heterocycles. The first-order chi connectivity index (χ1) is 16.0. The van der Waals surface area contributed by atoms with Gasteiger partial charge in [0.25, 0.3) is 5.56 Å². The van der Waals surface area contributed by atoms with Crippen molar-refractivity contribution < 1.29 is 19.6 Å². The van der Waals surface area contributed by atoms with Crippen molar-refractivity contribution in [3.63, 3.8) is 0 Å². The minimum absolute atomic E-state index is 0.0125. The summed E-state index contributed by atoms with van der Waals surface area (Å²) in [5.41, 5.74) is -0.427. The number of halogens is 2. The first-order valence-electron chi connectivity index (χ1n) is 10.2. The Labute approximate surface area is 207 Å². The number of fused-ring (bicyclic) bond motifs is 1. The second-order valence-electron chi connectivity index (χ2n) is 7.50.